The fraction of sp³-hybridized carbons (Fsp3) is 0.818. The molecule has 0 saturated carbocycles. The molecule has 0 aromatic rings. The maximum Gasteiger partial charge on any atom is 0.331 e. The van der Waals surface area contributed by atoms with Gasteiger partial charge in [-0.2, -0.15) is 0 Å². The third-order valence-electron chi connectivity index (χ3n) is 2.11. The van der Waals surface area contributed by atoms with Crippen molar-refractivity contribution in [3.63, 3.8) is 0 Å². The number of hydrogen-bond donors (Lipinski definition) is 1. The molecule has 0 aliphatic rings. The van der Waals surface area contributed by atoms with E-state index in [0.29, 0.717) is 13.0 Å². The van der Waals surface area contributed by atoms with E-state index in [-0.39, 0.29) is 0 Å². The van der Waals surface area contributed by atoms with Crippen LogP contribution >= 0.6 is 0 Å². The number of unbranched alkanes of at least 4 members (excludes halogenated alkanes) is 6. The maximum atomic E-state index is 10.5. The lowest BCUT2D eigenvalue weighted by atomic mass is 10.1. The molecule has 0 unspecified atom stereocenters. The molecule has 4 nitrogen and oxygen atoms in total. The van der Waals surface area contributed by atoms with Gasteiger partial charge in [0.15, 0.2) is 0 Å². The third kappa shape index (κ3) is 11.0. The summed E-state index contributed by atoms with van der Waals surface area (Å²) in [4.78, 5) is 20.5. The number of esters is 1. The highest BCUT2D eigenvalue weighted by Gasteiger charge is 1.98. The molecule has 0 aliphatic heterocycles. The van der Waals surface area contributed by atoms with Gasteiger partial charge in [-0.25, -0.2) is 4.79 Å². The normalized spacial score (nSPS) is 9.93. The van der Waals surface area contributed by atoms with Gasteiger partial charge in [0.2, 0.25) is 0 Å². The maximum absolute atomic E-state index is 10.5. The van der Waals surface area contributed by atoms with Crippen molar-refractivity contribution in [1.82, 2.24) is 0 Å². The average Bonchev–Trinajstić information content (AvgIpc) is 2.26. The molecule has 1 N–H and O–H groups in total. The average molecular weight is 216 g/mol. The largest absolute Gasteiger partial charge is 0.464 e. The van der Waals surface area contributed by atoms with E-state index in [1.165, 1.54) is 0 Å². The highest BCUT2D eigenvalue weighted by atomic mass is 16.5. The summed E-state index contributed by atoms with van der Waals surface area (Å²) in [6.07, 6.45) is 7.79. The summed E-state index contributed by atoms with van der Waals surface area (Å²) in [6, 6.07) is 0. The molecule has 0 aromatic carbocycles. The van der Waals surface area contributed by atoms with Crippen LogP contribution in [0.4, 0.5) is 0 Å². The quantitative estimate of drug-likeness (QED) is 0.341. The van der Waals surface area contributed by atoms with Gasteiger partial charge in [-0.3, -0.25) is 0 Å². The summed E-state index contributed by atoms with van der Waals surface area (Å²) in [5, 5.41) is 8.35. The highest BCUT2D eigenvalue weighted by molar-refractivity contribution is 5.70. The van der Waals surface area contributed by atoms with Crippen LogP contribution in [0.2, 0.25) is 0 Å². The molecule has 15 heavy (non-hydrogen) atoms. The van der Waals surface area contributed by atoms with Crippen molar-refractivity contribution in [2.24, 2.45) is 0 Å². The minimum absolute atomic E-state index is 0.397. The van der Waals surface area contributed by atoms with Crippen LogP contribution in [-0.2, 0) is 14.3 Å². The fourth-order valence-corrected chi connectivity index (χ4v) is 1.27. The van der Waals surface area contributed by atoms with E-state index >= 15 is 0 Å². The molecule has 0 amide bonds. The number of aldehydes is 1. The molecule has 0 heterocycles. The highest BCUT2D eigenvalue weighted by Crippen LogP contribution is 2.06. The van der Waals surface area contributed by atoms with Crippen molar-refractivity contribution >= 4 is 12.3 Å². The van der Waals surface area contributed by atoms with Gasteiger partial charge >= 0.3 is 5.97 Å². The monoisotopic (exact) mass is 216 g/mol. The van der Waals surface area contributed by atoms with Gasteiger partial charge in [-0.15, -0.1) is 0 Å². The van der Waals surface area contributed by atoms with Crippen molar-refractivity contribution in [1.29, 1.82) is 0 Å². The first-order valence-corrected chi connectivity index (χ1v) is 5.51. The SMILES string of the molecule is O=CCCCCCCCCOC(=O)CO. The molecule has 0 atom stereocenters. The molecular formula is C11H20O4. The Balaban J connectivity index is 2.98. The van der Waals surface area contributed by atoms with E-state index in [1.54, 1.807) is 0 Å². The first-order chi connectivity index (χ1) is 7.31. The molecule has 0 saturated heterocycles. The van der Waals surface area contributed by atoms with Gasteiger partial charge in [0.25, 0.3) is 0 Å². The third-order valence-corrected chi connectivity index (χ3v) is 2.11. The van der Waals surface area contributed by atoms with Crippen LogP contribution in [0.15, 0.2) is 0 Å². The van der Waals surface area contributed by atoms with Crippen LogP contribution < -0.4 is 0 Å². The number of rotatable bonds is 10. The number of ether oxygens (including phenoxy) is 1. The van der Waals surface area contributed by atoms with Gasteiger partial charge in [-0.1, -0.05) is 25.7 Å². The van der Waals surface area contributed by atoms with Crippen LogP contribution in [0.5, 0.6) is 0 Å². The molecule has 0 spiro atoms. The summed E-state index contributed by atoms with van der Waals surface area (Å²) in [6.45, 7) is -0.139. The van der Waals surface area contributed by atoms with Gasteiger partial charge in [-0.05, 0) is 12.8 Å². The van der Waals surface area contributed by atoms with Crippen LogP contribution in [0.25, 0.3) is 0 Å². The molecule has 0 rings (SSSR count). The summed E-state index contributed by atoms with van der Waals surface area (Å²) < 4.78 is 4.70. The van der Waals surface area contributed by atoms with Crippen LogP contribution in [-0.4, -0.2) is 30.6 Å². The molecule has 88 valence electrons. The van der Waals surface area contributed by atoms with Gasteiger partial charge in [0.1, 0.15) is 12.9 Å². The summed E-state index contributed by atoms with van der Waals surface area (Å²) in [7, 11) is 0. The first-order valence-electron chi connectivity index (χ1n) is 5.51. The Kier molecular flexibility index (Phi) is 10.5. The van der Waals surface area contributed by atoms with Crippen molar-refractivity contribution in [2.45, 2.75) is 44.9 Å². The van der Waals surface area contributed by atoms with E-state index in [0.717, 1.165) is 44.8 Å². The van der Waals surface area contributed by atoms with Crippen LogP contribution in [0.1, 0.15) is 44.9 Å². The lowest BCUT2D eigenvalue weighted by molar-refractivity contribution is -0.147. The van der Waals surface area contributed by atoms with Crippen LogP contribution in [0.3, 0.4) is 0 Å². The molecule has 0 aromatic heterocycles. The predicted molar refractivity (Wildman–Crippen MR) is 56.4 cm³/mol. The van der Waals surface area contributed by atoms with Crippen molar-refractivity contribution in [2.75, 3.05) is 13.2 Å². The zero-order chi connectivity index (χ0) is 11.4. The van der Waals surface area contributed by atoms with Crippen molar-refractivity contribution < 1.29 is 19.4 Å². The molecule has 0 fully saturated rings. The Morgan fingerprint density at radius 2 is 1.67 bits per heavy atom. The smallest absolute Gasteiger partial charge is 0.331 e. The topological polar surface area (TPSA) is 63.6 Å². The first kappa shape index (κ1) is 14.1. The van der Waals surface area contributed by atoms with Gasteiger partial charge in [0.05, 0.1) is 6.61 Å². The van der Waals surface area contributed by atoms with E-state index in [4.69, 9.17) is 9.84 Å². The van der Waals surface area contributed by atoms with E-state index in [2.05, 4.69) is 0 Å². The van der Waals surface area contributed by atoms with E-state index in [1.807, 2.05) is 0 Å². The number of aliphatic hydroxyl groups excluding tert-OH is 1. The Hall–Kier alpha value is -0.900. The zero-order valence-corrected chi connectivity index (χ0v) is 9.11. The van der Waals surface area contributed by atoms with Crippen molar-refractivity contribution in [3.8, 4) is 0 Å². The second kappa shape index (κ2) is 11.2. The number of carbonyl (C=O) groups is 2. The van der Waals surface area contributed by atoms with E-state index in [9.17, 15) is 9.59 Å². The Labute approximate surface area is 90.6 Å². The van der Waals surface area contributed by atoms with Gasteiger partial charge in [0, 0.05) is 6.42 Å². The molecule has 0 bridgehead atoms. The number of carbonyl (C=O) groups excluding carboxylic acids is 2. The second-order valence-corrected chi connectivity index (χ2v) is 3.46. The predicted octanol–water partition coefficient (Wildman–Crippen LogP) is 1.45. The Morgan fingerprint density at radius 1 is 1.07 bits per heavy atom. The number of hydrogen-bond acceptors (Lipinski definition) is 4. The minimum atomic E-state index is -0.555. The molecule has 0 radical (unpaired) electrons. The summed E-state index contributed by atoms with van der Waals surface area (Å²) in [5.74, 6) is -0.555. The zero-order valence-electron chi connectivity index (χ0n) is 9.11. The lowest BCUT2D eigenvalue weighted by Gasteiger charge is -2.02. The lowest BCUT2D eigenvalue weighted by Crippen LogP contribution is -2.09. The molecule has 4 heteroatoms. The van der Waals surface area contributed by atoms with Crippen molar-refractivity contribution in [3.05, 3.63) is 0 Å². The van der Waals surface area contributed by atoms with E-state index < -0.39 is 12.6 Å². The molecular weight excluding hydrogens is 196 g/mol. The Bertz CT molecular complexity index is 168. The Morgan fingerprint density at radius 3 is 2.27 bits per heavy atom. The molecule has 0 aliphatic carbocycles. The van der Waals surface area contributed by atoms with Gasteiger partial charge < -0.3 is 14.6 Å². The number of aliphatic hydroxyl groups is 1. The summed E-state index contributed by atoms with van der Waals surface area (Å²) in [5.41, 5.74) is 0. The van der Waals surface area contributed by atoms with Crippen LogP contribution in [0, 0.1) is 0 Å². The second-order valence-electron chi connectivity index (χ2n) is 3.46. The standard InChI is InChI=1S/C11H20O4/c12-8-6-4-2-1-3-5-7-9-15-11(14)10-13/h8,13H,1-7,9-10H2. The minimum Gasteiger partial charge on any atom is -0.464 e. The summed E-state index contributed by atoms with van der Waals surface area (Å²) >= 11 is 0. The fourth-order valence-electron chi connectivity index (χ4n) is 1.27.